The zero-order chi connectivity index (χ0) is 14.9. The van der Waals surface area contributed by atoms with Crippen molar-refractivity contribution < 1.29 is 17.5 Å². The van der Waals surface area contributed by atoms with Crippen LogP contribution in [0.3, 0.4) is 0 Å². The minimum atomic E-state index is -3.61. The van der Waals surface area contributed by atoms with Crippen LogP contribution in [0.25, 0.3) is 0 Å². The molecular weight excluding hydrogens is 295 g/mol. The standard InChI is InChI=1S/C14H19FN2O3S/c15-13-7-11(8-17-5-3-16-4-6-17)1-2-14(13)21(18,19)12-9-20-10-12/h1-2,7,12,16H,3-6,8-10H2. The Morgan fingerprint density at radius 2 is 2.00 bits per heavy atom. The SMILES string of the molecule is O=S(=O)(c1ccc(CN2CCNCC2)cc1F)C1COC1. The fraction of sp³-hybridized carbons (Fsp3) is 0.571. The molecule has 1 aromatic carbocycles. The first kappa shape index (κ1) is 14.9. The first-order chi connectivity index (χ1) is 10.1. The molecule has 2 saturated heterocycles. The normalized spacial score (nSPS) is 21.2. The molecule has 0 bridgehead atoms. The number of sulfone groups is 1. The smallest absolute Gasteiger partial charge is 0.188 e. The lowest BCUT2D eigenvalue weighted by molar-refractivity contribution is 0.0415. The molecule has 1 aromatic rings. The number of ether oxygens (including phenoxy) is 1. The first-order valence-electron chi connectivity index (χ1n) is 7.10. The van der Waals surface area contributed by atoms with Crippen LogP contribution in [0, 0.1) is 5.82 Å². The van der Waals surface area contributed by atoms with Crippen LogP contribution < -0.4 is 5.32 Å². The Kier molecular flexibility index (Phi) is 4.26. The van der Waals surface area contributed by atoms with Crippen molar-refractivity contribution in [2.24, 2.45) is 0 Å². The van der Waals surface area contributed by atoms with Crippen LogP contribution in [0.4, 0.5) is 4.39 Å². The quantitative estimate of drug-likeness (QED) is 0.872. The van der Waals surface area contributed by atoms with Gasteiger partial charge in [-0.25, -0.2) is 12.8 Å². The van der Waals surface area contributed by atoms with E-state index in [1.165, 1.54) is 12.1 Å². The fourth-order valence-corrected chi connectivity index (χ4v) is 4.07. The van der Waals surface area contributed by atoms with E-state index in [0.717, 1.165) is 31.7 Å². The molecule has 0 unspecified atom stereocenters. The van der Waals surface area contributed by atoms with Crippen molar-refractivity contribution in [3.05, 3.63) is 29.6 Å². The summed E-state index contributed by atoms with van der Waals surface area (Å²) in [6, 6.07) is 4.44. The van der Waals surface area contributed by atoms with E-state index in [9.17, 15) is 12.8 Å². The maximum atomic E-state index is 14.2. The number of halogens is 1. The Balaban J connectivity index is 1.76. The van der Waals surface area contributed by atoms with Gasteiger partial charge in [-0.15, -0.1) is 0 Å². The van der Waals surface area contributed by atoms with Crippen molar-refractivity contribution >= 4 is 9.84 Å². The van der Waals surface area contributed by atoms with Gasteiger partial charge in [0.05, 0.1) is 13.2 Å². The van der Waals surface area contributed by atoms with Crippen LogP contribution in [0.15, 0.2) is 23.1 Å². The third-order valence-electron chi connectivity index (χ3n) is 3.96. The molecule has 116 valence electrons. The van der Waals surface area contributed by atoms with Crippen molar-refractivity contribution in [1.29, 1.82) is 0 Å². The van der Waals surface area contributed by atoms with Gasteiger partial charge in [-0.05, 0) is 17.7 Å². The number of nitrogens with one attached hydrogen (secondary N) is 1. The van der Waals surface area contributed by atoms with Crippen molar-refractivity contribution in [3.8, 4) is 0 Å². The average Bonchev–Trinajstić information content (AvgIpc) is 2.37. The van der Waals surface area contributed by atoms with Gasteiger partial charge in [-0.2, -0.15) is 0 Å². The first-order valence-corrected chi connectivity index (χ1v) is 8.65. The van der Waals surface area contributed by atoms with E-state index in [1.54, 1.807) is 6.07 Å². The van der Waals surface area contributed by atoms with Crippen molar-refractivity contribution in [1.82, 2.24) is 10.2 Å². The van der Waals surface area contributed by atoms with E-state index < -0.39 is 20.9 Å². The van der Waals surface area contributed by atoms with Crippen LogP contribution in [0.2, 0.25) is 0 Å². The predicted molar refractivity (Wildman–Crippen MR) is 76.3 cm³/mol. The Morgan fingerprint density at radius 3 is 2.57 bits per heavy atom. The molecule has 0 radical (unpaired) electrons. The molecule has 2 aliphatic heterocycles. The summed E-state index contributed by atoms with van der Waals surface area (Å²) in [7, 11) is -3.61. The van der Waals surface area contributed by atoms with Gasteiger partial charge in [0, 0.05) is 32.7 Å². The second-order valence-electron chi connectivity index (χ2n) is 5.50. The summed E-state index contributed by atoms with van der Waals surface area (Å²) in [4.78, 5) is 2.01. The Morgan fingerprint density at radius 1 is 1.29 bits per heavy atom. The predicted octanol–water partition coefficient (Wildman–Crippen LogP) is 0.403. The van der Waals surface area contributed by atoms with E-state index in [2.05, 4.69) is 10.2 Å². The molecular formula is C14H19FN2O3S. The Labute approximate surface area is 124 Å². The molecule has 0 spiro atoms. The van der Waals surface area contributed by atoms with E-state index in [-0.39, 0.29) is 18.1 Å². The van der Waals surface area contributed by atoms with Gasteiger partial charge in [-0.3, -0.25) is 4.90 Å². The van der Waals surface area contributed by atoms with Gasteiger partial charge in [0.1, 0.15) is 16.0 Å². The van der Waals surface area contributed by atoms with Crippen molar-refractivity contribution in [3.63, 3.8) is 0 Å². The zero-order valence-electron chi connectivity index (χ0n) is 11.7. The molecule has 7 heteroatoms. The maximum Gasteiger partial charge on any atom is 0.188 e. The minimum Gasteiger partial charge on any atom is -0.379 e. The third-order valence-corrected chi connectivity index (χ3v) is 6.06. The van der Waals surface area contributed by atoms with Gasteiger partial charge in [0.25, 0.3) is 0 Å². The molecule has 21 heavy (non-hydrogen) atoms. The van der Waals surface area contributed by atoms with Crippen molar-refractivity contribution in [2.45, 2.75) is 16.7 Å². The molecule has 5 nitrogen and oxygen atoms in total. The summed E-state index contributed by atoms with van der Waals surface area (Å²) < 4.78 is 43.5. The molecule has 2 aliphatic rings. The summed E-state index contributed by atoms with van der Waals surface area (Å²) in [6.07, 6.45) is 0. The summed E-state index contributed by atoms with van der Waals surface area (Å²) >= 11 is 0. The van der Waals surface area contributed by atoms with Gasteiger partial charge in [0.2, 0.25) is 0 Å². The maximum absolute atomic E-state index is 14.2. The summed E-state index contributed by atoms with van der Waals surface area (Å²) in [5.41, 5.74) is 0.804. The van der Waals surface area contributed by atoms with Crippen LogP contribution in [0.1, 0.15) is 5.56 Å². The topological polar surface area (TPSA) is 58.6 Å². The summed E-state index contributed by atoms with van der Waals surface area (Å²) in [5.74, 6) is -0.658. The number of piperazine rings is 1. The lowest BCUT2D eigenvalue weighted by Crippen LogP contribution is -2.43. The lowest BCUT2D eigenvalue weighted by Gasteiger charge is -2.28. The van der Waals surface area contributed by atoms with Gasteiger partial charge in [-0.1, -0.05) is 6.07 Å². The largest absolute Gasteiger partial charge is 0.379 e. The Bertz CT molecular complexity index is 611. The summed E-state index contributed by atoms with van der Waals surface area (Å²) in [6.45, 7) is 4.65. The summed E-state index contributed by atoms with van der Waals surface area (Å²) in [5, 5.41) is 2.65. The second-order valence-corrected chi connectivity index (χ2v) is 7.69. The zero-order valence-corrected chi connectivity index (χ0v) is 12.5. The van der Waals surface area contributed by atoms with Crippen LogP contribution in [-0.4, -0.2) is 58.0 Å². The van der Waals surface area contributed by atoms with Crippen LogP contribution >= 0.6 is 0 Å². The molecule has 2 fully saturated rings. The average molecular weight is 314 g/mol. The minimum absolute atomic E-state index is 0.157. The number of hydrogen-bond acceptors (Lipinski definition) is 5. The molecule has 1 N–H and O–H groups in total. The van der Waals surface area contributed by atoms with Gasteiger partial charge in [0.15, 0.2) is 9.84 Å². The van der Waals surface area contributed by atoms with Gasteiger partial charge >= 0.3 is 0 Å². The van der Waals surface area contributed by atoms with Crippen LogP contribution in [-0.2, 0) is 21.1 Å². The molecule has 0 aromatic heterocycles. The number of rotatable bonds is 4. The highest BCUT2D eigenvalue weighted by molar-refractivity contribution is 7.92. The highest BCUT2D eigenvalue weighted by Gasteiger charge is 2.35. The van der Waals surface area contributed by atoms with Gasteiger partial charge < -0.3 is 10.1 Å². The van der Waals surface area contributed by atoms with Crippen molar-refractivity contribution in [2.75, 3.05) is 39.4 Å². The molecule has 3 rings (SSSR count). The molecule has 0 aliphatic carbocycles. The van der Waals surface area contributed by atoms with E-state index in [4.69, 9.17) is 4.74 Å². The number of hydrogen-bond donors (Lipinski definition) is 1. The van der Waals surface area contributed by atoms with E-state index in [1.807, 2.05) is 0 Å². The second kappa shape index (κ2) is 6.00. The lowest BCUT2D eigenvalue weighted by atomic mass is 10.2. The highest BCUT2D eigenvalue weighted by Crippen LogP contribution is 2.25. The molecule has 0 amide bonds. The van der Waals surface area contributed by atoms with Crippen LogP contribution in [0.5, 0.6) is 0 Å². The highest BCUT2D eigenvalue weighted by atomic mass is 32.2. The van der Waals surface area contributed by atoms with E-state index >= 15 is 0 Å². The molecule has 0 atom stereocenters. The molecule has 2 heterocycles. The monoisotopic (exact) mass is 314 g/mol. The number of nitrogens with zero attached hydrogens (tertiary/aromatic N) is 1. The fourth-order valence-electron chi connectivity index (χ4n) is 2.57. The van der Waals surface area contributed by atoms with E-state index in [0.29, 0.717) is 6.54 Å². The number of benzene rings is 1. The molecule has 0 saturated carbocycles. The third kappa shape index (κ3) is 3.11. The Hall–Kier alpha value is -1.02.